The standard InChI is InChI=1S/C20H28N8O/c1-12(2)28-13(3)24-14-10-23-17(9-15(14)28)25-16-7-8-22-19(26-16)27(6)11-20(4,5)18(21)29/h7-10,12H,11H2,1-6H3,(H2,21,29)(H,22,23,25,26). The van der Waals surface area contributed by atoms with E-state index >= 15 is 0 Å². The van der Waals surface area contributed by atoms with Crippen molar-refractivity contribution in [1.29, 1.82) is 0 Å². The zero-order valence-corrected chi connectivity index (χ0v) is 17.8. The van der Waals surface area contributed by atoms with Crippen molar-refractivity contribution in [3.8, 4) is 0 Å². The van der Waals surface area contributed by atoms with Crippen LogP contribution < -0.4 is 16.0 Å². The Labute approximate surface area is 170 Å². The van der Waals surface area contributed by atoms with Gasteiger partial charge in [0.1, 0.15) is 23.0 Å². The molecule has 0 aliphatic heterocycles. The zero-order valence-electron chi connectivity index (χ0n) is 17.8. The van der Waals surface area contributed by atoms with E-state index in [0.29, 0.717) is 30.2 Å². The number of carbonyl (C=O) groups is 1. The predicted octanol–water partition coefficient (Wildman–Crippen LogP) is 2.80. The fourth-order valence-corrected chi connectivity index (χ4v) is 3.31. The SMILES string of the molecule is Cc1nc2cnc(Nc3ccnc(N(C)CC(C)(C)C(N)=O)n3)cc2n1C(C)C. The highest BCUT2D eigenvalue weighted by Gasteiger charge is 2.27. The molecule has 0 bridgehead atoms. The van der Waals surface area contributed by atoms with Crippen LogP contribution in [-0.4, -0.2) is 44.0 Å². The van der Waals surface area contributed by atoms with Crippen molar-refractivity contribution in [2.24, 2.45) is 11.1 Å². The summed E-state index contributed by atoms with van der Waals surface area (Å²) in [5, 5.41) is 3.23. The van der Waals surface area contributed by atoms with Crippen LogP contribution in [0.25, 0.3) is 11.0 Å². The first-order chi connectivity index (χ1) is 13.6. The monoisotopic (exact) mass is 396 g/mol. The molecule has 3 rings (SSSR count). The minimum absolute atomic E-state index is 0.295. The van der Waals surface area contributed by atoms with Gasteiger partial charge >= 0.3 is 0 Å². The summed E-state index contributed by atoms with van der Waals surface area (Å²) in [5.41, 5.74) is 6.66. The molecule has 0 saturated carbocycles. The lowest BCUT2D eigenvalue weighted by molar-refractivity contribution is -0.125. The molecule has 0 radical (unpaired) electrons. The van der Waals surface area contributed by atoms with Crippen LogP contribution >= 0.6 is 0 Å². The molecule has 0 unspecified atom stereocenters. The van der Waals surface area contributed by atoms with Gasteiger partial charge in [-0.1, -0.05) is 0 Å². The lowest BCUT2D eigenvalue weighted by Crippen LogP contribution is -2.41. The Kier molecular flexibility index (Phi) is 5.41. The number of aryl methyl sites for hydroxylation is 1. The molecule has 3 aromatic rings. The van der Waals surface area contributed by atoms with E-state index in [1.54, 1.807) is 32.3 Å². The number of nitrogens with zero attached hydrogens (tertiary/aromatic N) is 6. The van der Waals surface area contributed by atoms with Gasteiger partial charge in [0.15, 0.2) is 0 Å². The van der Waals surface area contributed by atoms with Gasteiger partial charge in [0, 0.05) is 31.9 Å². The van der Waals surface area contributed by atoms with Crippen LogP contribution in [0, 0.1) is 12.3 Å². The van der Waals surface area contributed by atoms with Gasteiger partial charge < -0.3 is 20.5 Å². The van der Waals surface area contributed by atoms with Gasteiger partial charge in [-0.05, 0) is 40.7 Å². The molecule has 9 nitrogen and oxygen atoms in total. The fraction of sp³-hybridized carbons (Fsp3) is 0.450. The minimum Gasteiger partial charge on any atom is -0.369 e. The van der Waals surface area contributed by atoms with E-state index in [0.717, 1.165) is 16.9 Å². The number of fused-ring (bicyclic) bond motifs is 1. The Hall–Kier alpha value is -3.23. The summed E-state index contributed by atoms with van der Waals surface area (Å²) in [7, 11) is 1.83. The van der Waals surface area contributed by atoms with E-state index in [4.69, 9.17) is 5.73 Å². The van der Waals surface area contributed by atoms with Crippen LogP contribution in [-0.2, 0) is 4.79 Å². The number of hydrogen-bond acceptors (Lipinski definition) is 7. The van der Waals surface area contributed by atoms with Crippen LogP contribution in [0.1, 0.15) is 39.6 Å². The van der Waals surface area contributed by atoms with Crippen molar-refractivity contribution in [1.82, 2.24) is 24.5 Å². The fourth-order valence-electron chi connectivity index (χ4n) is 3.31. The Morgan fingerprint density at radius 1 is 1.28 bits per heavy atom. The Balaban J connectivity index is 1.85. The maximum absolute atomic E-state index is 11.6. The topological polar surface area (TPSA) is 115 Å². The molecular weight excluding hydrogens is 368 g/mol. The molecule has 9 heteroatoms. The Morgan fingerprint density at radius 2 is 2.00 bits per heavy atom. The molecule has 0 fully saturated rings. The number of nitrogens with one attached hydrogen (secondary N) is 1. The second-order valence-corrected chi connectivity index (χ2v) is 8.15. The summed E-state index contributed by atoms with van der Waals surface area (Å²) in [6, 6.07) is 4.04. The smallest absolute Gasteiger partial charge is 0.227 e. The molecule has 3 heterocycles. The van der Waals surface area contributed by atoms with E-state index in [1.807, 2.05) is 24.9 Å². The van der Waals surface area contributed by atoms with Crippen molar-refractivity contribution in [2.75, 3.05) is 23.8 Å². The summed E-state index contributed by atoms with van der Waals surface area (Å²) in [6.07, 6.45) is 3.42. The number of primary amides is 1. The summed E-state index contributed by atoms with van der Waals surface area (Å²) in [6.45, 7) is 10.2. The highest BCUT2D eigenvalue weighted by atomic mass is 16.1. The third kappa shape index (κ3) is 4.28. The largest absolute Gasteiger partial charge is 0.369 e. The summed E-state index contributed by atoms with van der Waals surface area (Å²) < 4.78 is 2.17. The summed E-state index contributed by atoms with van der Waals surface area (Å²) in [5.74, 6) is 2.36. The minimum atomic E-state index is -0.693. The van der Waals surface area contributed by atoms with E-state index in [9.17, 15) is 4.79 Å². The quantitative estimate of drug-likeness (QED) is 0.631. The molecule has 0 spiro atoms. The molecule has 3 N–H and O–H groups in total. The number of anilines is 3. The number of aromatic nitrogens is 5. The highest BCUT2D eigenvalue weighted by Crippen LogP contribution is 2.24. The molecule has 0 atom stereocenters. The van der Waals surface area contributed by atoms with Gasteiger partial charge in [-0.25, -0.2) is 15.0 Å². The number of pyridine rings is 1. The van der Waals surface area contributed by atoms with Crippen LogP contribution in [0.3, 0.4) is 0 Å². The number of imidazole rings is 1. The molecular formula is C20H28N8O. The van der Waals surface area contributed by atoms with Crippen LogP contribution in [0.2, 0.25) is 0 Å². The van der Waals surface area contributed by atoms with Gasteiger partial charge in [0.2, 0.25) is 11.9 Å². The van der Waals surface area contributed by atoms with Crippen molar-refractivity contribution >= 4 is 34.5 Å². The molecule has 0 aliphatic carbocycles. The van der Waals surface area contributed by atoms with Crippen molar-refractivity contribution in [3.63, 3.8) is 0 Å². The summed E-state index contributed by atoms with van der Waals surface area (Å²) in [4.78, 5) is 31.3. The third-order valence-electron chi connectivity index (χ3n) is 4.81. The molecule has 0 aromatic carbocycles. The Morgan fingerprint density at radius 3 is 2.66 bits per heavy atom. The highest BCUT2D eigenvalue weighted by molar-refractivity contribution is 5.81. The van der Waals surface area contributed by atoms with Crippen molar-refractivity contribution in [3.05, 3.63) is 30.4 Å². The average Bonchev–Trinajstić information content (AvgIpc) is 2.96. The van der Waals surface area contributed by atoms with E-state index in [2.05, 4.69) is 43.7 Å². The lowest BCUT2D eigenvalue weighted by Gasteiger charge is -2.27. The molecule has 29 heavy (non-hydrogen) atoms. The first-order valence-electron chi connectivity index (χ1n) is 9.54. The maximum Gasteiger partial charge on any atom is 0.227 e. The number of rotatable bonds is 7. The normalized spacial score (nSPS) is 11.8. The van der Waals surface area contributed by atoms with Crippen molar-refractivity contribution in [2.45, 2.75) is 40.7 Å². The van der Waals surface area contributed by atoms with Gasteiger partial charge in [-0.15, -0.1) is 0 Å². The molecule has 154 valence electrons. The Bertz CT molecular complexity index is 1040. The van der Waals surface area contributed by atoms with E-state index in [1.165, 1.54) is 0 Å². The molecule has 3 aromatic heterocycles. The molecule has 0 saturated heterocycles. The first kappa shape index (κ1) is 20.5. The summed E-state index contributed by atoms with van der Waals surface area (Å²) >= 11 is 0. The third-order valence-corrected chi connectivity index (χ3v) is 4.81. The second kappa shape index (κ2) is 7.65. The van der Waals surface area contributed by atoms with Crippen LogP contribution in [0.15, 0.2) is 24.5 Å². The van der Waals surface area contributed by atoms with E-state index in [-0.39, 0.29) is 5.91 Å². The number of amides is 1. The van der Waals surface area contributed by atoms with Gasteiger partial charge in [-0.2, -0.15) is 4.98 Å². The first-order valence-corrected chi connectivity index (χ1v) is 9.54. The molecule has 1 amide bonds. The van der Waals surface area contributed by atoms with Crippen molar-refractivity contribution < 1.29 is 4.79 Å². The maximum atomic E-state index is 11.6. The van der Waals surface area contributed by atoms with E-state index < -0.39 is 5.41 Å². The number of carbonyl (C=O) groups excluding carboxylic acids is 1. The van der Waals surface area contributed by atoms with Gasteiger partial charge in [-0.3, -0.25) is 4.79 Å². The molecule has 0 aliphatic rings. The second-order valence-electron chi connectivity index (χ2n) is 8.15. The number of hydrogen-bond donors (Lipinski definition) is 2. The van der Waals surface area contributed by atoms with Gasteiger partial charge in [0.25, 0.3) is 0 Å². The lowest BCUT2D eigenvalue weighted by atomic mass is 9.92. The van der Waals surface area contributed by atoms with Gasteiger partial charge in [0.05, 0.1) is 17.1 Å². The number of nitrogens with two attached hydrogens (primary N) is 1. The van der Waals surface area contributed by atoms with Crippen LogP contribution in [0.5, 0.6) is 0 Å². The average molecular weight is 396 g/mol. The zero-order chi connectivity index (χ0) is 21.3. The predicted molar refractivity (Wildman–Crippen MR) is 114 cm³/mol. The van der Waals surface area contributed by atoms with Crippen LogP contribution in [0.4, 0.5) is 17.6 Å².